The molecule has 0 saturated heterocycles. The lowest BCUT2D eigenvalue weighted by Crippen LogP contribution is -2.29. The second-order valence-electron chi connectivity index (χ2n) is 3.78. The maximum atomic E-state index is 11.0. The Kier molecular flexibility index (Phi) is 4.80. The standard InChI is InChI=1S/C12H16BrNO2/c1-3-4-10(12(15)16)14-11-7-9(13)6-5-8(11)2/h5-7,10,14H,3-4H2,1-2H3,(H,15,16). The molecule has 3 nitrogen and oxygen atoms in total. The first-order valence-electron chi connectivity index (χ1n) is 5.30. The van der Waals surface area contributed by atoms with Crippen molar-refractivity contribution in [1.29, 1.82) is 0 Å². The number of hydrogen-bond donors (Lipinski definition) is 2. The Bertz CT molecular complexity index is 379. The van der Waals surface area contributed by atoms with Gasteiger partial charge in [-0.05, 0) is 31.0 Å². The molecule has 88 valence electrons. The van der Waals surface area contributed by atoms with Crippen LogP contribution in [0.1, 0.15) is 25.3 Å². The predicted octanol–water partition coefficient (Wildman–Crippen LogP) is 3.42. The first kappa shape index (κ1) is 13.0. The van der Waals surface area contributed by atoms with Gasteiger partial charge in [0.25, 0.3) is 0 Å². The lowest BCUT2D eigenvalue weighted by atomic mass is 10.1. The Labute approximate surface area is 104 Å². The van der Waals surface area contributed by atoms with Crippen LogP contribution in [-0.2, 0) is 4.79 Å². The number of hydrogen-bond acceptors (Lipinski definition) is 2. The summed E-state index contributed by atoms with van der Waals surface area (Å²) < 4.78 is 0.946. The second kappa shape index (κ2) is 5.89. The van der Waals surface area contributed by atoms with E-state index in [9.17, 15) is 4.79 Å². The fourth-order valence-electron chi connectivity index (χ4n) is 1.48. The molecule has 0 amide bonds. The van der Waals surface area contributed by atoms with E-state index < -0.39 is 12.0 Å². The van der Waals surface area contributed by atoms with Crippen molar-refractivity contribution in [3.8, 4) is 0 Å². The molecule has 0 heterocycles. The molecule has 1 aromatic rings. The van der Waals surface area contributed by atoms with Crippen LogP contribution >= 0.6 is 15.9 Å². The van der Waals surface area contributed by atoms with E-state index >= 15 is 0 Å². The number of aliphatic carboxylic acids is 1. The highest BCUT2D eigenvalue weighted by Crippen LogP contribution is 2.22. The van der Waals surface area contributed by atoms with E-state index in [-0.39, 0.29) is 0 Å². The summed E-state index contributed by atoms with van der Waals surface area (Å²) in [6.07, 6.45) is 1.47. The normalized spacial score (nSPS) is 12.2. The molecule has 4 heteroatoms. The van der Waals surface area contributed by atoms with Gasteiger partial charge in [-0.25, -0.2) is 4.79 Å². The van der Waals surface area contributed by atoms with Gasteiger partial charge in [-0.1, -0.05) is 35.3 Å². The summed E-state index contributed by atoms with van der Waals surface area (Å²) in [7, 11) is 0. The summed E-state index contributed by atoms with van der Waals surface area (Å²) in [5.41, 5.74) is 1.92. The number of anilines is 1. The third-order valence-electron chi connectivity index (χ3n) is 2.40. The minimum atomic E-state index is -0.804. The molecule has 0 aliphatic rings. The number of carbonyl (C=O) groups is 1. The highest BCUT2D eigenvalue weighted by Gasteiger charge is 2.16. The summed E-state index contributed by atoms with van der Waals surface area (Å²) >= 11 is 3.37. The van der Waals surface area contributed by atoms with E-state index in [1.165, 1.54) is 0 Å². The van der Waals surface area contributed by atoms with E-state index in [0.717, 1.165) is 22.1 Å². The molecule has 1 atom stereocenters. The molecule has 0 saturated carbocycles. The summed E-state index contributed by atoms with van der Waals surface area (Å²) in [6, 6.07) is 5.28. The molecular weight excluding hydrogens is 270 g/mol. The first-order valence-corrected chi connectivity index (χ1v) is 6.09. The van der Waals surface area contributed by atoms with Crippen molar-refractivity contribution in [3.05, 3.63) is 28.2 Å². The molecule has 0 fully saturated rings. The van der Waals surface area contributed by atoms with Crippen LogP contribution in [-0.4, -0.2) is 17.1 Å². The highest BCUT2D eigenvalue weighted by atomic mass is 79.9. The van der Waals surface area contributed by atoms with Crippen molar-refractivity contribution in [3.63, 3.8) is 0 Å². The monoisotopic (exact) mass is 285 g/mol. The fraction of sp³-hybridized carbons (Fsp3) is 0.417. The molecule has 0 aromatic heterocycles. The zero-order chi connectivity index (χ0) is 12.1. The van der Waals surface area contributed by atoms with Crippen molar-refractivity contribution in [1.82, 2.24) is 0 Å². The van der Waals surface area contributed by atoms with Crippen LogP contribution < -0.4 is 5.32 Å². The Morgan fingerprint density at radius 3 is 2.81 bits per heavy atom. The SMILES string of the molecule is CCCC(Nc1cc(Br)ccc1C)C(=O)O. The summed E-state index contributed by atoms with van der Waals surface area (Å²) in [5, 5.41) is 12.1. The van der Waals surface area contributed by atoms with Crippen LogP contribution in [0.25, 0.3) is 0 Å². The maximum absolute atomic E-state index is 11.0. The molecule has 0 aliphatic carbocycles. The number of rotatable bonds is 5. The van der Waals surface area contributed by atoms with Crippen molar-refractivity contribution in [2.45, 2.75) is 32.7 Å². The Balaban J connectivity index is 2.84. The van der Waals surface area contributed by atoms with Crippen molar-refractivity contribution in [2.75, 3.05) is 5.32 Å². The number of benzene rings is 1. The Morgan fingerprint density at radius 1 is 1.56 bits per heavy atom. The minimum absolute atomic E-state index is 0.516. The quantitative estimate of drug-likeness (QED) is 0.872. The lowest BCUT2D eigenvalue weighted by Gasteiger charge is -2.16. The smallest absolute Gasteiger partial charge is 0.326 e. The molecule has 1 unspecified atom stereocenters. The molecule has 1 rings (SSSR count). The van der Waals surface area contributed by atoms with Gasteiger partial charge in [-0.3, -0.25) is 0 Å². The third kappa shape index (κ3) is 3.52. The van der Waals surface area contributed by atoms with Crippen molar-refractivity contribution < 1.29 is 9.90 Å². The lowest BCUT2D eigenvalue weighted by molar-refractivity contribution is -0.138. The zero-order valence-electron chi connectivity index (χ0n) is 9.46. The average molecular weight is 286 g/mol. The molecule has 0 spiro atoms. The topological polar surface area (TPSA) is 49.3 Å². The Hall–Kier alpha value is -1.03. The number of halogens is 1. The molecule has 16 heavy (non-hydrogen) atoms. The summed E-state index contributed by atoms with van der Waals surface area (Å²) in [5.74, 6) is -0.804. The van der Waals surface area contributed by atoms with Gasteiger partial charge in [-0.15, -0.1) is 0 Å². The van der Waals surface area contributed by atoms with E-state index in [2.05, 4.69) is 21.2 Å². The van der Waals surface area contributed by atoms with Gasteiger partial charge in [0, 0.05) is 10.2 Å². The van der Waals surface area contributed by atoms with Gasteiger partial charge in [0.15, 0.2) is 0 Å². The minimum Gasteiger partial charge on any atom is -0.480 e. The molecule has 2 N–H and O–H groups in total. The van der Waals surface area contributed by atoms with Crippen molar-refractivity contribution in [2.24, 2.45) is 0 Å². The summed E-state index contributed by atoms with van der Waals surface area (Å²) in [6.45, 7) is 3.94. The van der Waals surface area contributed by atoms with Gasteiger partial charge >= 0.3 is 5.97 Å². The van der Waals surface area contributed by atoms with Gasteiger partial charge in [0.2, 0.25) is 0 Å². The van der Waals surface area contributed by atoms with Crippen LogP contribution in [0.15, 0.2) is 22.7 Å². The van der Waals surface area contributed by atoms with E-state index in [4.69, 9.17) is 5.11 Å². The van der Waals surface area contributed by atoms with Gasteiger partial charge in [0.1, 0.15) is 6.04 Å². The average Bonchev–Trinajstić information content (AvgIpc) is 2.22. The van der Waals surface area contributed by atoms with E-state index in [1.807, 2.05) is 32.0 Å². The number of carboxylic acid groups (broad SMARTS) is 1. The van der Waals surface area contributed by atoms with Gasteiger partial charge in [-0.2, -0.15) is 0 Å². The molecule has 0 radical (unpaired) electrons. The van der Waals surface area contributed by atoms with Gasteiger partial charge < -0.3 is 10.4 Å². The highest BCUT2D eigenvalue weighted by molar-refractivity contribution is 9.10. The van der Waals surface area contributed by atoms with E-state index in [0.29, 0.717) is 6.42 Å². The predicted molar refractivity (Wildman–Crippen MR) is 68.8 cm³/mol. The largest absolute Gasteiger partial charge is 0.480 e. The fourth-order valence-corrected chi connectivity index (χ4v) is 1.84. The van der Waals surface area contributed by atoms with Crippen molar-refractivity contribution >= 4 is 27.6 Å². The zero-order valence-corrected chi connectivity index (χ0v) is 11.0. The Morgan fingerprint density at radius 2 is 2.25 bits per heavy atom. The first-order chi connectivity index (χ1) is 7.54. The van der Waals surface area contributed by atoms with Crippen LogP contribution in [0.2, 0.25) is 0 Å². The molecular formula is C12H16BrNO2. The van der Waals surface area contributed by atoms with E-state index in [1.54, 1.807) is 0 Å². The summed E-state index contributed by atoms with van der Waals surface area (Å²) in [4.78, 5) is 11.0. The second-order valence-corrected chi connectivity index (χ2v) is 4.70. The number of nitrogens with one attached hydrogen (secondary N) is 1. The van der Waals surface area contributed by atoms with Crippen LogP contribution in [0.5, 0.6) is 0 Å². The van der Waals surface area contributed by atoms with Crippen LogP contribution in [0, 0.1) is 6.92 Å². The maximum Gasteiger partial charge on any atom is 0.326 e. The molecule has 0 bridgehead atoms. The number of aryl methyl sites for hydroxylation is 1. The third-order valence-corrected chi connectivity index (χ3v) is 2.90. The molecule has 1 aromatic carbocycles. The van der Waals surface area contributed by atoms with Crippen LogP contribution in [0.3, 0.4) is 0 Å². The van der Waals surface area contributed by atoms with Gasteiger partial charge in [0.05, 0.1) is 0 Å². The van der Waals surface area contributed by atoms with Crippen LogP contribution in [0.4, 0.5) is 5.69 Å². The number of carboxylic acids is 1. The molecule has 0 aliphatic heterocycles.